The third-order valence-corrected chi connectivity index (χ3v) is 6.72. The van der Waals surface area contributed by atoms with Crippen molar-refractivity contribution in [2.24, 2.45) is 5.92 Å². The number of thioether (sulfide) groups is 1. The number of nitrogens with one attached hydrogen (secondary N) is 2. The van der Waals surface area contributed by atoms with E-state index in [1.54, 1.807) is 61.5 Å². The van der Waals surface area contributed by atoms with Crippen LogP contribution >= 0.6 is 23.4 Å². The van der Waals surface area contributed by atoms with E-state index in [2.05, 4.69) is 27.4 Å². The molecular weight excluding hydrogens is 526 g/mol. The molecule has 0 bridgehead atoms. The van der Waals surface area contributed by atoms with Crippen molar-refractivity contribution in [1.82, 2.24) is 20.1 Å². The molecule has 1 unspecified atom stereocenters. The lowest BCUT2D eigenvalue weighted by Gasteiger charge is -2.23. The first kappa shape index (κ1) is 28.9. The van der Waals surface area contributed by atoms with Crippen LogP contribution in [0.2, 0.25) is 5.02 Å². The minimum Gasteiger partial charge on any atom is -0.462 e. The number of esters is 1. The van der Waals surface area contributed by atoms with E-state index in [1.165, 1.54) is 11.8 Å². The van der Waals surface area contributed by atoms with E-state index in [1.807, 2.05) is 18.4 Å². The number of hydrogen-bond donors (Lipinski definition) is 2. The van der Waals surface area contributed by atoms with E-state index < -0.39 is 12.0 Å². The molecule has 1 atom stereocenters. The Morgan fingerprint density at radius 3 is 2.47 bits per heavy atom. The second-order valence-corrected chi connectivity index (χ2v) is 9.90. The summed E-state index contributed by atoms with van der Waals surface area (Å²) in [5.74, 6) is -0.356. The molecule has 11 heteroatoms. The van der Waals surface area contributed by atoms with Crippen LogP contribution in [0.4, 0.5) is 5.69 Å². The van der Waals surface area contributed by atoms with Crippen molar-refractivity contribution < 1.29 is 19.1 Å². The number of hydrogen-bond acceptors (Lipinski definition) is 7. The van der Waals surface area contributed by atoms with E-state index in [0.717, 1.165) is 0 Å². The zero-order chi connectivity index (χ0) is 27.7. The first-order valence-electron chi connectivity index (χ1n) is 12.0. The van der Waals surface area contributed by atoms with Gasteiger partial charge in [-0.3, -0.25) is 9.59 Å². The van der Waals surface area contributed by atoms with Crippen molar-refractivity contribution in [3.05, 3.63) is 83.2 Å². The Balaban J connectivity index is 1.70. The van der Waals surface area contributed by atoms with Crippen LogP contribution in [0.5, 0.6) is 0 Å². The Bertz CT molecular complexity index is 1290. The maximum atomic E-state index is 13.0. The predicted molar refractivity (Wildman–Crippen MR) is 148 cm³/mol. The first-order chi connectivity index (χ1) is 18.2. The fourth-order valence-corrected chi connectivity index (χ4v) is 4.54. The van der Waals surface area contributed by atoms with Crippen molar-refractivity contribution in [2.75, 3.05) is 17.7 Å². The maximum absolute atomic E-state index is 13.0. The summed E-state index contributed by atoms with van der Waals surface area (Å²) in [6.45, 7) is 10.2. The van der Waals surface area contributed by atoms with Gasteiger partial charge in [-0.25, -0.2) is 4.79 Å². The highest BCUT2D eigenvalue weighted by Crippen LogP contribution is 2.26. The number of carbonyl (C=O) groups is 3. The summed E-state index contributed by atoms with van der Waals surface area (Å²) in [6, 6.07) is 12.9. The van der Waals surface area contributed by atoms with Gasteiger partial charge in [-0.1, -0.05) is 55.4 Å². The van der Waals surface area contributed by atoms with Crippen molar-refractivity contribution in [1.29, 1.82) is 0 Å². The van der Waals surface area contributed by atoms with Gasteiger partial charge in [0.05, 0.1) is 34.6 Å². The highest BCUT2D eigenvalue weighted by atomic mass is 35.5. The Hall–Kier alpha value is -3.63. The zero-order valence-corrected chi connectivity index (χ0v) is 23.0. The van der Waals surface area contributed by atoms with Gasteiger partial charge in [0.15, 0.2) is 11.0 Å². The molecule has 0 aliphatic carbocycles. The molecule has 9 nitrogen and oxygen atoms in total. The summed E-state index contributed by atoms with van der Waals surface area (Å²) in [4.78, 5) is 37.3. The molecule has 0 aliphatic rings. The number of amides is 2. The van der Waals surface area contributed by atoms with Gasteiger partial charge in [-0.2, -0.15) is 0 Å². The number of allylic oxidation sites excluding steroid dienone is 1. The summed E-state index contributed by atoms with van der Waals surface area (Å²) in [6.07, 6.45) is 1.70. The van der Waals surface area contributed by atoms with Crippen molar-refractivity contribution in [3.8, 4) is 0 Å². The minimum atomic E-state index is -0.452. The molecule has 3 aromatic rings. The fourth-order valence-electron chi connectivity index (χ4n) is 3.56. The molecule has 0 saturated carbocycles. The van der Waals surface area contributed by atoms with Crippen LogP contribution in [0.3, 0.4) is 0 Å². The Labute approximate surface area is 231 Å². The van der Waals surface area contributed by atoms with Gasteiger partial charge >= 0.3 is 5.97 Å². The number of ether oxygens (including phenoxy) is 1. The van der Waals surface area contributed by atoms with E-state index in [9.17, 15) is 14.4 Å². The van der Waals surface area contributed by atoms with Crippen LogP contribution in [-0.2, 0) is 16.1 Å². The standard InChI is InChI=1S/C27H30ClN5O4S/c1-5-15-33-24(23(17(3)4)30-25(35)20-9-7-8-10-21(20)28)31-32-27(33)38-16-22(34)29-19-13-11-18(12-14-19)26(36)37-6-2/h5,7-14,17,23H,1,6,15-16H2,2-4H3,(H,29,34)(H,30,35). The molecule has 3 rings (SSSR count). The van der Waals surface area contributed by atoms with Gasteiger partial charge in [-0.15, -0.1) is 16.8 Å². The average molecular weight is 556 g/mol. The normalized spacial score (nSPS) is 11.6. The Kier molecular flexibility index (Phi) is 10.5. The molecule has 0 spiro atoms. The highest BCUT2D eigenvalue weighted by Gasteiger charge is 2.27. The van der Waals surface area contributed by atoms with E-state index in [0.29, 0.717) is 46.0 Å². The molecule has 2 amide bonds. The van der Waals surface area contributed by atoms with Gasteiger partial charge in [0.2, 0.25) is 5.91 Å². The van der Waals surface area contributed by atoms with Crippen molar-refractivity contribution in [3.63, 3.8) is 0 Å². The number of rotatable bonds is 12. The molecular formula is C27H30ClN5O4S. The van der Waals surface area contributed by atoms with Crippen LogP contribution in [-0.4, -0.2) is 44.9 Å². The third-order valence-electron chi connectivity index (χ3n) is 5.42. The van der Waals surface area contributed by atoms with E-state index >= 15 is 0 Å². The van der Waals surface area contributed by atoms with Crippen LogP contribution in [0.1, 0.15) is 53.4 Å². The van der Waals surface area contributed by atoms with E-state index in [4.69, 9.17) is 16.3 Å². The van der Waals surface area contributed by atoms with Crippen LogP contribution < -0.4 is 10.6 Å². The summed E-state index contributed by atoms with van der Waals surface area (Å²) in [5, 5.41) is 15.3. The third kappa shape index (κ3) is 7.45. The number of aromatic nitrogens is 3. The van der Waals surface area contributed by atoms with Gasteiger partial charge in [0.1, 0.15) is 0 Å². The topological polar surface area (TPSA) is 115 Å². The van der Waals surface area contributed by atoms with Gasteiger partial charge in [0, 0.05) is 12.2 Å². The summed E-state index contributed by atoms with van der Waals surface area (Å²) < 4.78 is 6.80. The van der Waals surface area contributed by atoms with Crippen LogP contribution in [0.25, 0.3) is 0 Å². The molecule has 0 aliphatic heterocycles. The first-order valence-corrected chi connectivity index (χ1v) is 13.4. The summed E-state index contributed by atoms with van der Waals surface area (Å²) >= 11 is 7.43. The second kappa shape index (κ2) is 13.8. The number of carbonyl (C=O) groups excluding carboxylic acids is 3. The van der Waals surface area contributed by atoms with Gasteiger partial charge in [0.25, 0.3) is 5.91 Å². The Morgan fingerprint density at radius 1 is 1.13 bits per heavy atom. The molecule has 0 saturated heterocycles. The lowest BCUT2D eigenvalue weighted by Crippen LogP contribution is -2.34. The monoisotopic (exact) mass is 555 g/mol. The lowest BCUT2D eigenvalue weighted by atomic mass is 10.0. The molecule has 1 aromatic heterocycles. The highest BCUT2D eigenvalue weighted by molar-refractivity contribution is 7.99. The molecule has 2 aromatic carbocycles. The smallest absolute Gasteiger partial charge is 0.338 e. The molecule has 38 heavy (non-hydrogen) atoms. The van der Waals surface area contributed by atoms with Gasteiger partial charge < -0.3 is 19.9 Å². The number of nitrogens with zero attached hydrogens (tertiary/aromatic N) is 3. The van der Waals surface area contributed by atoms with E-state index in [-0.39, 0.29) is 23.5 Å². The molecule has 0 fully saturated rings. The van der Waals surface area contributed by atoms with Crippen LogP contribution in [0.15, 0.2) is 66.3 Å². The second-order valence-electron chi connectivity index (χ2n) is 8.55. The molecule has 1 heterocycles. The average Bonchev–Trinajstić information content (AvgIpc) is 3.28. The SMILES string of the molecule is C=CCn1c(SCC(=O)Nc2ccc(C(=O)OCC)cc2)nnc1C(NC(=O)c1ccccc1Cl)C(C)C. The number of halogens is 1. The largest absolute Gasteiger partial charge is 0.462 e. The fraction of sp³-hybridized carbons (Fsp3) is 0.296. The predicted octanol–water partition coefficient (Wildman–Crippen LogP) is 5.15. The zero-order valence-electron chi connectivity index (χ0n) is 21.4. The number of benzene rings is 2. The van der Waals surface area contributed by atoms with Crippen molar-refractivity contribution >= 4 is 46.8 Å². The van der Waals surface area contributed by atoms with Crippen molar-refractivity contribution in [2.45, 2.75) is 38.5 Å². The molecule has 0 radical (unpaired) electrons. The molecule has 2 N–H and O–H groups in total. The Morgan fingerprint density at radius 2 is 1.84 bits per heavy atom. The molecule has 200 valence electrons. The quantitative estimate of drug-likeness (QED) is 0.180. The summed E-state index contributed by atoms with van der Waals surface area (Å²) in [5.41, 5.74) is 1.33. The summed E-state index contributed by atoms with van der Waals surface area (Å²) in [7, 11) is 0. The van der Waals surface area contributed by atoms with Crippen LogP contribution in [0, 0.1) is 5.92 Å². The van der Waals surface area contributed by atoms with Gasteiger partial charge in [-0.05, 0) is 49.2 Å². The minimum absolute atomic E-state index is 0.00655. The number of anilines is 1. The lowest BCUT2D eigenvalue weighted by molar-refractivity contribution is -0.113. The maximum Gasteiger partial charge on any atom is 0.338 e.